The molecule has 0 aromatic rings. The van der Waals surface area contributed by atoms with Crippen molar-refractivity contribution < 1.29 is 4.74 Å². The maximum absolute atomic E-state index is 5.67. The minimum absolute atomic E-state index is 0. The van der Waals surface area contributed by atoms with Gasteiger partial charge in [-0.25, -0.2) is 0 Å². The number of hydrogen-bond donors (Lipinski definition) is 0. The molecule has 0 bridgehead atoms. The summed E-state index contributed by atoms with van der Waals surface area (Å²) in [5, 5.41) is 0. The number of allylic oxidation sites excluding steroid dienone is 2. The molecule has 2 heteroatoms. The fourth-order valence-corrected chi connectivity index (χ4v) is 2.07. The summed E-state index contributed by atoms with van der Waals surface area (Å²) in [5.41, 5.74) is 1.38. The Balaban J connectivity index is 0.000000845. The first-order chi connectivity index (χ1) is 5.77. The van der Waals surface area contributed by atoms with Crippen LogP contribution in [0.1, 0.15) is 20.3 Å². The van der Waals surface area contributed by atoms with Crippen molar-refractivity contribution in [2.75, 3.05) is 6.61 Å². The zero-order chi connectivity index (χ0) is 8.55. The summed E-state index contributed by atoms with van der Waals surface area (Å²) in [6.07, 6.45) is 8.29. The summed E-state index contributed by atoms with van der Waals surface area (Å²) < 4.78 is 5.67. The molecule has 1 aliphatic heterocycles. The van der Waals surface area contributed by atoms with Gasteiger partial charge in [-0.15, -0.1) is 24.0 Å². The highest BCUT2D eigenvalue weighted by atomic mass is 127. The van der Waals surface area contributed by atoms with Gasteiger partial charge in [-0.2, -0.15) is 0 Å². The van der Waals surface area contributed by atoms with E-state index >= 15 is 0 Å². The van der Waals surface area contributed by atoms with Crippen molar-refractivity contribution in [3.05, 3.63) is 23.8 Å². The third-order valence-corrected chi connectivity index (χ3v) is 2.92. The predicted molar refractivity (Wildman–Crippen MR) is 65.3 cm³/mol. The molecule has 0 spiro atoms. The molecule has 1 fully saturated rings. The Morgan fingerprint density at radius 1 is 1.46 bits per heavy atom. The second kappa shape index (κ2) is 4.60. The topological polar surface area (TPSA) is 9.23 Å². The van der Waals surface area contributed by atoms with E-state index in [1.165, 1.54) is 12.0 Å². The van der Waals surface area contributed by atoms with Gasteiger partial charge in [0.25, 0.3) is 0 Å². The molecular formula is C11H17IO. The summed E-state index contributed by atoms with van der Waals surface area (Å²) in [5.74, 6) is 1.41. The molecular weight excluding hydrogens is 275 g/mol. The van der Waals surface area contributed by atoms with Crippen LogP contribution in [0, 0.1) is 11.8 Å². The molecule has 0 radical (unpaired) electrons. The molecule has 0 aromatic carbocycles. The van der Waals surface area contributed by atoms with Crippen LogP contribution >= 0.6 is 24.0 Å². The molecule has 13 heavy (non-hydrogen) atoms. The van der Waals surface area contributed by atoms with Gasteiger partial charge in [-0.05, 0) is 19.3 Å². The Kier molecular flexibility index (Phi) is 3.98. The molecule has 0 N–H and O–H groups in total. The monoisotopic (exact) mass is 292 g/mol. The number of fused-ring (bicyclic) bond motifs is 1. The Morgan fingerprint density at radius 3 is 3.00 bits per heavy atom. The van der Waals surface area contributed by atoms with Crippen molar-refractivity contribution >= 4 is 24.0 Å². The van der Waals surface area contributed by atoms with Gasteiger partial charge in [-0.3, -0.25) is 0 Å². The van der Waals surface area contributed by atoms with Crippen LogP contribution in [0.4, 0.5) is 0 Å². The van der Waals surface area contributed by atoms with E-state index in [0.29, 0.717) is 12.0 Å². The van der Waals surface area contributed by atoms with Crippen LogP contribution in [0.25, 0.3) is 0 Å². The molecule has 1 nitrogen and oxygen atoms in total. The Hall–Kier alpha value is 0.170. The van der Waals surface area contributed by atoms with E-state index in [1.807, 2.05) is 0 Å². The first-order valence-electron chi connectivity index (χ1n) is 4.75. The fourth-order valence-electron chi connectivity index (χ4n) is 2.07. The van der Waals surface area contributed by atoms with Gasteiger partial charge in [0.05, 0.1) is 6.10 Å². The molecule has 74 valence electrons. The first-order valence-corrected chi connectivity index (χ1v) is 4.75. The maximum Gasteiger partial charge on any atom is 0.0824 e. The van der Waals surface area contributed by atoms with Gasteiger partial charge in [-0.1, -0.05) is 30.7 Å². The third-order valence-electron chi connectivity index (χ3n) is 2.92. The van der Waals surface area contributed by atoms with Crippen LogP contribution in [0.3, 0.4) is 0 Å². The molecule has 1 saturated heterocycles. The second-order valence-electron chi connectivity index (χ2n) is 3.95. The minimum Gasteiger partial charge on any atom is -0.374 e. The van der Waals surface area contributed by atoms with Crippen molar-refractivity contribution in [3.8, 4) is 0 Å². The Labute approximate surface area is 97.3 Å². The third kappa shape index (κ3) is 2.34. The Morgan fingerprint density at radius 2 is 2.23 bits per heavy atom. The number of halogens is 1. The quantitative estimate of drug-likeness (QED) is 0.623. The summed E-state index contributed by atoms with van der Waals surface area (Å²) in [6, 6.07) is 0. The van der Waals surface area contributed by atoms with Gasteiger partial charge < -0.3 is 4.74 Å². The van der Waals surface area contributed by atoms with Crippen LogP contribution in [0.2, 0.25) is 0 Å². The zero-order valence-corrected chi connectivity index (χ0v) is 10.5. The lowest BCUT2D eigenvalue weighted by molar-refractivity contribution is -0.00833. The van der Waals surface area contributed by atoms with E-state index in [0.717, 1.165) is 12.5 Å². The first kappa shape index (κ1) is 11.2. The van der Waals surface area contributed by atoms with E-state index in [9.17, 15) is 0 Å². The summed E-state index contributed by atoms with van der Waals surface area (Å²) in [4.78, 5) is 0. The van der Waals surface area contributed by atoms with E-state index in [4.69, 9.17) is 4.74 Å². The summed E-state index contributed by atoms with van der Waals surface area (Å²) in [6.45, 7) is 5.41. The van der Waals surface area contributed by atoms with Gasteiger partial charge in [0.1, 0.15) is 0 Å². The van der Waals surface area contributed by atoms with Crippen molar-refractivity contribution in [1.29, 1.82) is 0 Å². The minimum atomic E-state index is 0. The normalized spacial score (nSPS) is 37.4. The summed E-state index contributed by atoms with van der Waals surface area (Å²) >= 11 is 0. The van der Waals surface area contributed by atoms with Crippen molar-refractivity contribution in [2.24, 2.45) is 11.8 Å². The number of ether oxygens (including phenoxy) is 1. The standard InChI is InChI=1S/C11H16O.HI/c1-8-3-4-11-10(7-8)9(2)5-6-12-11;/h3-4,7,9-11H,5-6H2,1-2H3;1H. The lowest BCUT2D eigenvalue weighted by atomic mass is 9.81. The average Bonchev–Trinajstić information content (AvgIpc) is 2.07. The largest absolute Gasteiger partial charge is 0.374 e. The average molecular weight is 292 g/mol. The number of hydrogen-bond acceptors (Lipinski definition) is 1. The molecule has 3 unspecified atom stereocenters. The zero-order valence-electron chi connectivity index (χ0n) is 8.19. The smallest absolute Gasteiger partial charge is 0.0824 e. The van der Waals surface area contributed by atoms with E-state index in [2.05, 4.69) is 32.1 Å². The van der Waals surface area contributed by atoms with Crippen molar-refractivity contribution in [3.63, 3.8) is 0 Å². The molecule has 2 rings (SSSR count). The molecule has 0 amide bonds. The highest BCUT2D eigenvalue weighted by Gasteiger charge is 2.29. The van der Waals surface area contributed by atoms with Gasteiger partial charge in [0.15, 0.2) is 0 Å². The SMILES string of the molecule is CC1=CC2C(C)CCOC2C=C1.I. The molecule has 1 aliphatic carbocycles. The molecule has 1 heterocycles. The van der Waals surface area contributed by atoms with Crippen LogP contribution in [0.5, 0.6) is 0 Å². The summed E-state index contributed by atoms with van der Waals surface area (Å²) in [7, 11) is 0. The fraction of sp³-hybridized carbons (Fsp3) is 0.636. The maximum atomic E-state index is 5.67. The predicted octanol–water partition coefficient (Wildman–Crippen LogP) is 3.16. The highest BCUT2D eigenvalue weighted by molar-refractivity contribution is 14.0. The van der Waals surface area contributed by atoms with Crippen molar-refractivity contribution in [2.45, 2.75) is 26.4 Å². The number of rotatable bonds is 0. The van der Waals surface area contributed by atoms with Gasteiger partial charge in [0, 0.05) is 12.5 Å². The van der Waals surface area contributed by atoms with E-state index in [-0.39, 0.29) is 24.0 Å². The lowest BCUT2D eigenvalue weighted by Crippen LogP contribution is -2.34. The van der Waals surface area contributed by atoms with E-state index in [1.54, 1.807) is 0 Å². The van der Waals surface area contributed by atoms with Crippen LogP contribution in [0.15, 0.2) is 23.8 Å². The van der Waals surface area contributed by atoms with Gasteiger partial charge >= 0.3 is 0 Å². The lowest BCUT2D eigenvalue weighted by Gasteiger charge is -2.35. The van der Waals surface area contributed by atoms with Crippen LogP contribution < -0.4 is 0 Å². The van der Waals surface area contributed by atoms with E-state index < -0.39 is 0 Å². The van der Waals surface area contributed by atoms with Gasteiger partial charge in [0.2, 0.25) is 0 Å². The Bertz CT molecular complexity index is 232. The van der Waals surface area contributed by atoms with Crippen LogP contribution in [-0.2, 0) is 4.74 Å². The van der Waals surface area contributed by atoms with Crippen LogP contribution in [-0.4, -0.2) is 12.7 Å². The molecule has 0 saturated carbocycles. The highest BCUT2D eigenvalue weighted by Crippen LogP contribution is 2.32. The molecule has 0 aromatic heterocycles. The molecule has 3 atom stereocenters. The molecule has 2 aliphatic rings. The van der Waals surface area contributed by atoms with Crippen molar-refractivity contribution in [1.82, 2.24) is 0 Å². The second-order valence-corrected chi connectivity index (χ2v) is 3.95.